The molecule has 1 aromatic heterocycles. The predicted octanol–water partition coefficient (Wildman–Crippen LogP) is 4.21. The molecule has 1 amide bonds. The zero-order chi connectivity index (χ0) is 23.4. The highest BCUT2D eigenvalue weighted by atomic mass is 16.5. The highest BCUT2D eigenvalue weighted by molar-refractivity contribution is 5.85. The molecule has 1 atom stereocenters. The SMILES string of the molecule is CCc1cc(=O)oc2c(C)c(OC(C)C(=O)NC3CCN(Cc4ccccc4)CC3)ccc12. The van der Waals surface area contributed by atoms with E-state index in [0.29, 0.717) is 11.3 Å². The predicted molar refractivity (Wildman–Crippen MR) is 130 cm³/mol. The average molecular weight is 449 g/mol. The summed E-state index contributed by atoms with van der Waals surface area (Å²) in [4.78, 5) is 27.1. The van der Waals surface area contributed by atoms with Crippen molar-refractivity contribution in [1.29, 1.82) is 0 Å². The number of nitrogens with one attached hydrogen (secondary N) is 1. The van der Waals surface area contributed by atoms with E-state index < -0.39 is 6.10 Å². The highest BCUT2D eigenvalue weighted by Gasteiger charge is 2.24. The quantitative estimate of drug-likeness (QED) is 0.548. The lowest BCUT2D eigenvalue weighted by atomic mass is 10.0. The van der Waals surface area contributed by atoms with Crippen molar-refractivity contribution in [3.8, 4) is 5.75 Å². The van der Waals surface area contributed by atoms with Gasteiger partial charge in [0.25, 0.3) is 5.91 Å². The van der Waals surface area contributed by atoms with E-state index in [1.807, 2.05) is 32.0 Å². The average Bonchev–Trinajstić information content (AvgIpc) is 2.82. The maximum absolute atomic E-state index is 12.8. The molecule has 1 N–H and O–H groups in total. The molecule has 174 valence electrons. The van der Waals surface area contributed by atoms with Crippen LogP contribution in [0.2, 0.25) is 0 Å². The first-order chi connectivity index (χ1) is 15.9. The van der Waals surface area contributed by atoms with E-state index in [4.69, 9.17) is 9.15 Å². The summed E-state index contributed by atoms with van der Waals surface area (Å²) in [5, 5.41) is 4.05. The summed E-state index contributed by atoms with van der Waals surface area (Å²) < 4.78 is 11.4. The minimum atomic E-state index is -0.649. The summed E-state index contributed by atoms with van der Waals surface area (Å²) in [6.45, 7) is 8.47. The molecular formula is C27H32N2O4. The maximum atomic E-state index is 12.8. The van der Waals surface area contributed by atoms with E-state index in [0.717, 1.165) is 55.4 Å². The summed E-state index contributed by atoms with van der Waals surface area (Å²) in [5.74, 6) is 0.430. The molecule has 6 nitrogen and oxygen atoms in total. The molecule has 1 saturated heterocycles. The van der Waals surface area contributed by atoms with Gasteiger partial charge >= 0.3 is 5.63 Å². The second kappa shape index (κ2) is 10.2. The summed E-state index contributed by atoms with van der Waals surface area (Å²) in [5.41, 5.74) is 3.14. The van der Waals surface area contributed by atoms with Gasteiger partial charge in [-0.3, -0.25) is 9.69 Å². The largest absolute Gasteiger partial charge is 0.480 e. The van der Waals surface area contributed by atoms with Crippen molar-refractivity contribution in [3.05, 3.63) is 75.6 Å². The van der Waals surface area contributed by atoms with Crippen LogP contribution in [-0.4, -0.2) is 36.0 Å². The lowest BCUT2D eigenvalue weighted by Crippen LogP contribution is -2.47. The third kappa shape index (κ3) is 5.45. The van der Waals surface area contributed by atoms with Crippen LogP contribution in [0.4, 0.5) is 0 Å². The topological polar surface area (TPSA) is 71.8 Å². The van der Waals surface area contributed by atoms with Gasteiger partial charge in [-0.15, -0.1) is 0 Å². The summed E-state index contributed by atoms with van der Waals surface area (Å²) in [6, 6.07) is 15.9. The molecule has 0 saturated carbocycles. The van der Waals surface area contributed by atoms with Gasteiger partial charge in [0.05, 0.1) is 0 Å². The second-order valence-corrected chi connectivity index (χ2v) is 8.81. The zero-order valence-electron chi connectivity index (χ0n) is 19.6. The Kier molecular flexibility index (Phi) is 7.14. The summed E-state index contributed by atoms with van der Waals surface area (Å²) >= 11 is 0. The van der Waals surface area contributed by atoms with Crippen molar-refractivity contribution in [2.75, 3.05) is 13.1 Å². The van der Waals surface area contributed by atoms with Gasteiger partial charge in [-0.25, -0.2) is 4.79 Å². The van der Waals surface area contributed by atoms with Crippen LogP contribution in [0.5, 0.6) is 5.75 Å². The molecule has 0 radical (unpaired) electrons. The number of hydrogen-bond donors (Lipinski definition) is 1. The Balaban J connectivity index is 1.34. The normalized spacial score (nSPS) is 16.0. The zero-order valence-corrected chi connectivity index (χ0v) is 19.6. The summed E-state index contributed by atoms with van der Waals surface area (Å²) in [6.07, 6.45) is 1.94. The fraction of sp³-hybridized carbons (Fsp3) is 0.407. The molecule has 1 aliphatic rings. The molecule has 6 heteroatoms. The fourth-order valence-corrected chi connectivity index (χ4v) is 4.47. The van der Waals surface area contributed by atoms with Crippen LogP contribution >= 0.6 is 0 Å². The van der Waals surface area contributed by atoms with Crippen LogP contribution in [0.1, 0.15) is 43.4 Å². The van der Waals surface area contributed by atoms with Crippen LogP contribution in [0.3, 0.4) is 0 Å². The van der Waals surface area contributed by atoms with Gasteiger partial charge in [-0.1, -0.05) is 37.3 Å². The number of amides is 1. The molecule has 1 aliphatic heterocycles. The van der Waals surface area contributed by atoms with Crippen molar-refractivity contribution in [2.24, 2.45) is 0 Å². The molecule has 1 fully saturated rings. The number of nitrogens with zero attached hydrogens (tertiary/aromatic N) is 1. The fourth-order valence-electron chi connectivity index (χ4n) is 4.47. The highest BCUT2D eigenvalue weighted by Crippen LogP contribution is 2.29. The van der Waals surface area contributed by atoms with Crippen molar-refractivity contribution in [3.63, 3.8) is 0 Å². The third-order valence-corrected chi connectivity index (χ3v) is 6.43. The smallest absolute Gasteiger partial charge is 0.336 e. The molecule has 2 heterocycles. The molecule has 2 aromatic carbocycles. The van der Waals surface area contributed by atoms with Crippen molar-refractivity contribution in [2.45, 2.75) is 58.7 Å². The van der Waals surface area contributed by atoms with Gasteiger partial charge in [0, 0.05) is 42.7 Å². The first-order valence-electron chi connectivity index (χ1n) is 11.7. The van der Waals surface area contributed by atoms with E-state index >= 15 is 0 Å². The maximum Gasteiger partial charge on any atom is 0.336 e. The number of piperidine rings is 1. The Morgan fingerprint density at radius 3 is 2.61 bits per heavy atom. The van der Waals surface area contributed by atoms with Gasteiger partial charge < -0.3 is 14.5 Å². The molecule has 1 unspecified atom stereocenters. The standard InChI is InChI=1S/C27H32N2O4/c1-4-21-16-25(30)33-26-18(2)24(11-10-23(21)26)32-19(3)27(31)28-22-12-14-29(15-13-22)17-20-8-6-5-7-9-20/h5-11,16,19,22H,4,12-15,17H2,1-3H3,(H,28,31). The second-order valence-electron chi connectivity index (χ2n) is 8.81. The van der Waals surface area contributed by atoms with Gasteiger partial charge in [-0.2, -0.15) is 0 Å². The number of fused-ring (bicyclic) bond motifs is 1. The summed E-state index contributed by atoms with van der Waals surface area (Å²) in [7, 11) is 0. The van der Waals surface area contributed by atoms with Crippen molar-refractivity contribution < 1.29 is 13.9 Å². The van der Waals surface area contributed by atoms with Crippen LogP contribution < -0.4 is 15.7 Å². The Labute approximate surface area is 194 Å². The van der Waals surface area contributed by atoms with Gasteiger partial charge in [0.2, 0.25) is 0 Å². The number of aryl methyl sites for hydroxylation is 2. The molecule has 33 heavy (non-hydrogen) atoms. The Morgan fingerprint density at radius 2 is 1.91 bits per heavy atom. The first kappa shape index (κ1) is 23.1. The number of benzene rings is 2. The van der Waals surface area contributed by atoms with E-state index in [1.54, 1.807) is 6.92 Å². The van der Waals surface area contributed by atoms with Gasteiger partial charge in [0.1, 0.15) is 11.3 Å². The van der Waals surface area contributed by atoms with E-state index in [9.17, 15) is 9.59 Å². The minimum absolute atomic E-state index is 0.125. The third-order valence-electron chi connectivity index (χ3n) is 6.43. The van der Waals surface area contributed by atoms with Crippen LogP contribution in [0, 0.1) is 6.92 Å². The van der Waals surface area contributed by atoms with Gasteiger partial charge in [0.15, 0.2) is 6.10 Å². The van der Waals surface area contributed by atoms with E-state index in [1.165, 1.54) is 11.6 Å². The van der Waals surface area contributed by atoms with Crippen LogP contribution in [-0.2, 0) is 17.8 Å². The molecular weight excluding hydrogens is 416 g/mol. The minimum Gasteiger partial charge on any atom is -0.480 e. The van der Waals surface area contributed by atoms with E-state index in [-0.39, 0.29) is 17.6 Å². The number of carbonyl (C=O) groups is 1. The van der Waals surface area contributed by atoms with Crippen molar-refractivity contribution >= 4 is 16.9 Å². The molecule has 0 spiro atoms. The van der Waals surface area contributed by atoms with E-state index in [2.05, 4.69) is 34.5 Å². The van der Waals surface area contributed by atoms with Crippen LogP contribution in [0.15, 0.2) is 57.7 Å². The van der Waals surface area contributed by atoms with Crippen molar-refractivity contribution in [1.82, 2.24) is 10.2 Å². The lowest BCUT2D eigenvalue weighted by Gasteiger charge is -2.33. The number of likely N-dealkylation sites (tertiary alicyclic amines) is 1. The Bertz CT molecular complexity index is 1160. The molecule has 0 aliphatic carbocycles. The number of ether oxygens (including phenoxy) is 1. The van der Waals surface area contributed by atoms with Crippen LogP contribution in [0.25, 0.3) is 11.0 Å². The lowest BCUT2D eigenvalue weighted by molar-refractivity contribution is -0.128. The Morgan fingerprint density at radius 1 is 1.18 bits per heavy atom. The molecule has 3 aromatic rings. The molecule has 4 rings (SSSR count). The molecule has 0 bridgehead atoms. The number of hydrogen-bond acceptors (Lipinski definition) is 5. The Hall–Kier alpha value is -3.12. The number of carbonyl (C=O) groups excluding carboxylic acids is 1. The number of rotatable bonds is 7. The monoisotopic (exact) mass is 448 g/mol. The first-order valence-corrected chi connectivity index (χ1v) is 11.7. The van der Waals surface area contributed by atoms with Gasteiger partial charge in [-0.05, 0) is 56.4 Å².